The summed E-state index contributed by atoms with van der Waals surface area (Å²) in [5.41, 5.74) is 0. The van der Waals surface area contributed by atoms with Crippen molar-refractivity contribution >= 4 is 51.1 Å². The quantitative estimate of drug-likeness (QED) is 0.435. The van der Waals surface area contributed by atoms with Crippen LogP contribution in [0.1, 0.15) is 0 Å². The van der Waals surface area contributed by atoms with Gasteiger partial charge in [0.15, 0.2) is 0 Å². The Balaban J connectivity index is -0.000000112. The van der Waals surface area contributed by atoms with Crippen molar-refractivity contribution in [1.29, 1.82) is 0 Å². The van der Waals surface area contributed by atoms with Gasteiger partial charge in [-0.3, -0.25) is 0 Å². The van der Waals surface area contributed by atoms with E-state index in [-0.39, 0.29) is 29.4 Å². The second kappa shape index (κ2) is 31.1. The minimum atomic E-state index is 0.0625. The Morgan fingerprint density at radius 2 is 0.833 bits per heavy atom. The van der Waals surface area contributed by atoms with Crippen LogP contribution in [-0.2, 0) is 31.1 Å². The minimum absolute atomic E-state index is 0.0625. The summed E-state index contributed by atoms with van der Waals surface area (Å²) in [5, 5.41) is 0. The van der Waals surface area contributed by atoms with Crippen molar-refractivity contribution in [1.82, 2.24) is 0 Å². The molecule has 0 spiro atoms. The van der Waals surface area contributed by atoms with Crippen molar-refractivity contribution in [2.45, 2.75) is 0 Å². The van der Waals surface area contributed by atoms with Crippen LogP contribution in [0.4, 0.5) is 0 Å². The van der Waals surface area contributed by atoms with Gasteiger partial charge in [0.05, 0.1) is 0 Å². The fraction of sp³-hybridized carbons (Fsp3) is 0. The van der Waals surface area contributed by atoms with Gasteiger partial charge >= 0.3 is 82.2 Å². The van der Waals surface area contributed by atoms with Gasteiger partial charge in [-0.25, -0.2) is 0 Å². The van der Waals surface area contributed by atoms with Crippen LogP contribution >= 0.6 is 0 Å². The van der Waals surface area contributed by atoms with Gasteiger partial charge in [-0.15, -0.1) is 0 Å². The van der Waals surface area contributed by atoms with Gasteiger partial charge in [0.2, 0.25) is 0 Å². The molecule has 12 heteroatoms. The van der Waals surface area contributed by atoms with E-state index in [4.69, 9.17) is 22.0 Å². The molecule has 7 nitrogen and oxygen atoms in total. The van der Waals surface area contributed by atoms with Crippen LogP contribution in [-0.4, -0.2) is 51.1 Å². The van der Waals surface area contributed by atoms with Crippen molar-refractivity contribution in [3.8, 4) is 0 Å². The van der Waals surface area contributed by atoms with Crippen LogP contribution in [0, 0.1) is 0 Å². The van der Waals surface area contributed by atoms with Gasteiger partial charge in [-0.2, -0.15) is 0 Å². The van der Waals surface area contributed by atoms with Gasteiger partial charge < -0.3 is 0 Å². The summed E-state index contributed by atoms with van der Waals surface area (Å²) in [6.07, 6.45) is 0. The molecule has 0 aromatic rings. The first-order chi connectivity index (χ1) is 5.83. The average Bonchev–Trinajstić information content (AvgIpc) is 2.12. The number of hydrogen-bond donors (Lipinski definition) is 0. The Kier molecular flexibility index (Phi) is 45.7. The first-order valence-corrected chi connectivity index (χ1v) is 2.75. The summed E-state index contributed by atoms with van der Waals surface area (Å²) in [7, 11) is 0.250. The van der Waals surface area contributed by atoms with E-state index in [9.17, 15) is 0 Å². The van der Waals surface area contributed by atoms with Crippen LogP contribution in [0.3, 0.4) is 0 Å². The Bertz CT molecular complexity index is 98.6. The summed E-state index contributed by atoms with van der Waals surface area (Å²) < 4.78 is 51.0. The van der Waals surface area contributed by atoms with E-state index in [1.54, 1.807) is 0 Å². The molecule has 0 heterocycles. The molecule has 0 aromatic heterocycles. The van der Waals surface area contributed by atoms with Crippen LogP contribution < -0.4 is 0 Å². The summed E-state index contributed by atoms with van der Waals surface area (Å²) >= 11 is 0.611. The van der Waals surface area contributed by atoms with E-state index in [0.717, 1.165) is 0 Å². The second-order valence-corrected chi connectivity index (χ2v) is 0.657. The Morgan fingerprint density at radius 3 is 0.833 bits per heavy atom. The molecule has 0 N–H and O–H groups in total. The van der Waals surface area contributed by atoms with E-state index < -0.39 is 0 Å². The molecule has 12 heavy (non-hydrogen) atoms. The van der Waals surface area contributed by atoms with Crippen molar-refractivity contribution < 1.29 is 31.1 Å². The van der Waals surface area contributed by atoms with Gasteiger partial charge in [0.25, 0.3) is 0 Å². The van der Waals surface area contributed by atoms with Crippen molar-refractivity contribution in [2.75, 3.05) is 0 Å². The third kappa shape index (κ3) is 54.5. The molecule has 0 saturated heterocycles. The number of hydrogen-bond acceptors (Lipinski definition) is 7. The fourth-order valence-corrected chi connectivity index (χ4v) is 0.0454. The Labute approximate surface area is 82.5 Å². The summed E-state index contributed by atoms with van der Waals surface area (Å²) in [4.78, 5) is 0. The molecule has 0 rings (SSSR count). The predicted octanol–water partition coefficient (Wildman–Crippen LogP) is -2.63. The average molecular weight is 180 g/mol. The molecular weight excluding hydrogens is 180 g/mol. The monoisotopic (exact) mass is 180 g/mol. The van der Waals surface area contributed by atoms with Gasteiger partial charge in [-0.1, -0.05) is 0 Å². The van der Waals surface area contributed by atoms with E-state index in [0.29, 0.717) is 21.7 Å². The first kappa shape index (κ1) is 17.6. The van der Waals surface area contributed by atoms with Crippen molar-refractivity contribution in [3.63, 3.8) is 0 Å². The zero-order chi connectivity index (χ0) is 10.2. The van der Waals surface area contributed by atoms with Gasteiger partial charge in [-0.05, 0) is 0 Å². The zero-order valence-corrected chi connectivity index (χ0v) is 7.29. The molecule has 0 saturated carbocycles. The zero-order valence-electron chi connectivity index (χ0n) is 5.87. The third-order valence-corrected chi connectivity index (χ3v) is 0.222. The van der Waals surface area contributed by atoms with Gasteiger partial charge in [0, 0.05) is 0 Å². The Hall–Kier alpha value is -0.374. The molecule has 0 aliphatic rings. The van der Waals surface area contributed by atoms with E-state index in [1.807, 2.05) is 0 Å². The molecule has 0 amide bonds. The van der Waals surface area contributed by atoms with E-state index in [1.165, 1.54) is 0 Å². The second-order valence-electron chi connectivity index (χ2n) is 0.657. The van der Waals surface area contributed by atoms with Crippen LogP contribution in [0.5, 0.6) is 0 Å². The SMILES string of the molecule is O=BOB=O.O=BOB=O.[O]=[Mg]. The molecular formula is B4MgO7. The standard InChI is InChI=1S/2B2O3.Mg.O/c2*3-1-5-2-4;;. The molecule has 0 unspecified atom stereocenters. The molecule has 0 fully saturated rings. The van der Waals surface area contributed by atoms with E-state index in [2.05, 4.69) is 9.14 Å². The normalized spacial score (nSPS) is 3.83. The predicted molar refractivity (Wildman–Crippen MR) is 34.4 cm³/mol. The molecule has 0 aromatic carbocycles. The van der Waals surface area contributed by atoms with Crippen molar-refractivity contribution in [3.05, 3.63) is 0 Å². The molecule has 0 bridgehead atoms. The third-order valence-electron chi connectivity index (χ3n) is 0.222. The summed E-state index contributed by atoms with van der Waals surface area (Å²) in [5.74, 6) is 0. The molecule has 0 aliphatic heterocycles. The van der Waals surface area contributed by atoms with Crippen molar-refractivity contribution in [2.24, 2.45) is 0 Å². The number of rotatable bonds is 4. The molecule has 0 radical (unpaired) electrons. The summed E-state index contributed by atoms with van der Waals surface area (Å²) in [6, 6.07) is 0. The first-order valence-electron chi connectivity index (χ1n) is 2.17. The maximum absolute atomic E-state index is 8.95. The maximum atomic E-state index is 8.95. The molecule has 56 valence electrons. The fourth-order valence-electron chi connectivity index (χ4n) is 0.0454. The van der Waals surface area contributed by atoms with Crippen LogP contribution in [0.25, 0.3) is 0 Å². The van der Waals surface area contributed by atoms with Gasteiger partial charge in [0.1, 0.15) is 0 Å². The molecule has 0 atom stereocenters. The molecule has 0 aliphatic carbocycles. The topological polar surface area (TPSA) is 104 Å². The van der Waals surface area contributed by atoms with E-state index >= 15 is 0 Å². The van der Waals surface area contributed by atoms with Crippen LogP contribution in [0.2, 0.25) is 0 Å². The Morgan fingerprint density at radius 1 is 0.667 bits per heavy atom. The summed E-state index contributed by atoms with van der Waals surface area (Å²) in [6.45, 7) is 0. The van der Waals surface area contributed by atoms with Crippen LogP contribution in [0.15, 0.2) is 0 Å².